The molecule has 2 rings (SSSR count). The summed E-state index contributed by atoms with van der Waals surface area (Å²) in [5, 5.41) is 3.56. The summed E-state index contributed by atoms with van der Waals surface area (Å²) < 4.78 is 5.21. The third-order valence-electron chi connectivity index (χ3n) is 3.41. The number of rotatable bonds is 4. The molecule has 0 heterocycles. The molecule has 0 radical (unpaired) electrons. The lowest BCUT2D eigenvalue weighted by Gasteiger charge is -2.23. The first-order valence-corrected chi connectivity index (χ1v) is 6.75. The van der Waals surface area contributed by atoms with Crippen molar-refractivity contribution in [3.8, 4) is 5.75 Å². The lowest BCUT2D eigenvalue weighted by Crippen LogP contribution is -2.30. The quantitative estimate of drug-likeness (QED) is 0.656. The lowest BCUT2D eigenvalue weighted by molar-refractivity contribution is -0.131. The van der Waals surface area contributed by atoms with E-state index in [2.05, 4.69) is 5.32 Å². The summed E-state index contributed by atoms with van der Waals surface area (Å²) in [7, 11) is 0. The van der Waals surface area contributed by atoms with Gasteiger partial charge in [0, 0.05) is 25.1 Å². The Morgan fingerprint density at radius 3 is 2.72 bits per heavy atom. The first-order chi connectivity index (χ1) is 8.75. The number of ether oxygens (including phenoxy) is 1. The number of hydrogen-bond donors (Lipinski definition) is 1. The van der Waals surface area contributed by atoms with Crippen LogP contribution in [0.25, 0.3) is 0 Å². The van der Waals surface area contributed by atoms with Crippen LogP contribution in [0.2, 0.25) is 0 Å². The van der Waals surface area contributed by atoms with Crippen LogP contribution in [-0.4, -0.2) is 12.0 Å². The zero-order valence-corrected chi connectivity index (χ0v) is 10.9. The smallest absolute Gasteiger partial charge is 0.308 e. The van der Waals surface area contributed by atoms with E-state index < -0.39 is 0 Å². The monoisotopic (exact) mass is 247 g/mol. The topological polar surface area (TPSA) is 38.3 Å². The average Bonchev–Trinajstić information content (AvgIpc) is 2.38. The van der Waals surface area contributed by atoms with Gasteiger partial charge in [0.15, 0.2) is 0 Å². The fraction of sp³-hybridized carbons (Fsp3) is 0.533. The Morgan fingerprint density at radius 1 is 1.28 bits per heavy atom. The first-order valence-electron chi connectivity index (χ1n) is 6.75. The molecule has 0 unspecified atom stereocenters. The molecule has 3 heteroatoms. The maximum atomic E-state index is 11.0. The summed E-state index contributed by atoms with van der Waals surface area (Å²) in [5.41, 5.74) is 1.05. The van der Waals surface area contributed by atoms with E-state index in [1.807, 2.05) is 24.3 Å². The lowest BCUT2D eigenvalue weighted by atomic mass is 9.95. The Labute approximate surface area is 109 Å². The largest absolute Gasteiger partial charge is 0.426 e. The van der Waals surface area contributed by atoms with Crippen molar-refractivity contribution in [3.05, 3.63) is 29.8 Å². The van der Waals surface area contributed by atoms with Crippen LogP contribution in [0.15, 0.2) is 24.3 Å². The Bertz CT molecular complexity index is 397. The predicted octanol–water partition coefficient (Wildman–Crippen LogP) is 3.03. The van der Waals surface area contributed by atoms with Gasteiger partial charge in [0.25, 0.3) is 0 Å². The number of para-hydroxylation sites is 1. The molecule has 0 saturated heterocycles. The molecule has 0 aromatic heterocycles. The fourth-order valence-corrected chi connectivity index (χ4v) is 2.47. The van der Waals surface area contributed by atoms with Crippen molar-refractivity contribution < 1.29 is 9.53 Å². The molecular formula is C15H21NO2. The van der Waals surface area contributed by atoms with Crippen molar-refractivity contribution in [2.45, 2.75) is 51.6 Å². The molecule has 1 aliphatic rings. The second kappa shape index (κ2) is 6.55. The summed E-state index contributed by atoms with van der Waals surface area (Å²) in [6, 6.07) is 8.34. The van der Waals surface area contributed by atoms with Gasteiger partial charge < -0.3 is 10.1 Å². The molecule has 1 aromatic carbocycles. The fourth-order valence-electron chi connectivity index (χ4n) is 2.47. The molecule has 98 valence electrons. The second-order valence-corrected chi connectivity index (χ2v) is 4.92. The average molecular weight is 247 g/mol. The van der Waals surface area contributed by atoms with Gasteiger partial charge in [-0.3, -0.25) is 4.79 Å². The summed E-state index contributed by atoms with van der Waals surface area (Å²) in [6.45, 7) is 2.21. The number of carbonyl (C=O) groups is 1. The Balaban J connectivity index is 1.93. The van der Waals surface area contributed by atoms with Gasteiger partial charge in [0.05, 0.1) is 0 Å². The summed E-state index contributed by atoms with van der Waals surface area (Å²) in [6.07, 6.45) is 6.53. The number of hydrogen-bond acceptors (Lipinski definition) is 3. The van der Waals surface area contributed by atoms with E-state index in [0.717, 1.165) is 12.1 Å². The molecule has 0 bridgehead atoms. The van der Waals surface area contributed by atoms with E-state index >= 15 is 0 Å². The van der Waals surface area contributed by atoms with Crippen molar-refractivity contribution in [2.24, 2.45) is 0 Å². The Morgan fingerprint density at radius 2 is 2.00 bits per heavy atom. The van der Waals surface area contributed by atoms with Crippen molar-refractivity contribution >= 4 is 5.97 Å². The predicted molar refractivity (Wildman–Crippen MR) is 71.5 cm³/mol. The minimum absolute atomic E-state index is 0.264. The van der Waals surface area contributed by atoms with Gasteiger partial charge in [-0.15, -0.1) is 0 Å². The highest BCUT2D eigenvalue weighted by atomic mass is 16.5. The maximum Gasteiger partial charge on any atom is 0.308 e. The number of benzene rings is 1. The molecule has 0 spiro atoms. The van der Waals surface area contributed by atoms with Crippen LogP contribution in [0.1, 0.15) is 44.6 Å². The van der Waals surface area contributed by atoms with Crippen molar-refractivity contribution in [2.75, 3.05) is 0 Å². The minimum atomic E-state index is -0.264. The van der Waals surface area contributed by atoms with Crippen LogP contribution in [0, 0.1) is 0 Å². The highest BCUT2D eigenvalue weighted by molar-refractivity contribution is 5.69. The number of carbonyl (C=O) groups excluding carboxylic acids is 1. The van der Waals surface area contributed by atoms with Crippen LogP contribution >= 0.6 is 0 Å². The molecule has 1 N–H and O–H groups in total. The SMILES string of the molecule is CC(=O)Oc1ccccc1CNC1CCCCC1. The first kappa shape index (κ1) is 13.1. The molecule has 1 aliphatic carbocycles. The molecule has 0 amide bonds. The van der Waals surface area contributed by atoms with Crippen LogP contribution < -0.4 is 10.1 Å². The highest BCUT2D eigenvalue weighted by Gasteiger charge is 2.13. The molecule has 0 aliphatic heterocycles. The Kier molecular flexibility index (Phi) is 4.76. The van der Waals surface area contributed by atoms with E-state index in [1.165, 1.54) is 39.0 Å². The molecule has 1 saturated carbocycles. The van der Waals surface area contributed by atoms with Gasteiger partial charge in [0.2, 0.25) is 0 Å². The molecule has 18 heavy (non-hydrogen) atoms. The zero-order valence-electron chi connectivity index (χ0n) is 10.9. The third kappa shape index (κ3) is 3.84. The van der Waals surface area contributed by atoms with Crippen LogP contribution in [0.5, 0.6) is 5.75 Å². The summed E-state index contributed by atoms with van der Waals surface area (Å²) in [5.74, 6) is 0.411. The second-order valence-electron chi connectivity index (χ2n) is 4.92. The van der Waals surface area contributed by atoms with Crippen LogP contribution in [-0.2, 0) is 11.3 Å². The van der Waals surface area contributed by atoms with E-state index in [9.17, 15) is 4.79 Å². The van der Waals surface area contributed by atoms with Gasteiger partial charge >= 0.3 is 5.97 Å². The molecule has 3 nitrogen and oxygen atoms in total. The van der Waals surface area contributed by atoms with Gasteiger partial charge in [0.1, 0.15) is 5.75 Å². The van der Waals surface area contributed by atoms with Crippen molar-refractivity contribution in [1.29, 1.82) is 0 Å². The van der Waals surface area contributed by atoms with Crippen LogP contribution in [0.3, 0.4) is 0 Å². The number of esters is 1. The third-order valence-corrected chi connectivity index (χ3v) is 3.41. The molecule has 1 aromatic rings. The van der Waals surface area contributed by atoms with Gasteiger partial charge in [-0.05, 0) is 18.9 Å². The molecular weight excluding hydrogens is 226 g/mol. The van der Waals surface area contributed by atoms with Crippen LogP contribution in [0.4, 0.5) is 0 Å². The molecule has 0 atom stereocenters. The number of nitrogens with one attached hydrogen (secondary N) is 1. The van der Waals surface area contributed by atoms with Gasteiger partial charge in [-0.25, -0.2) is 0 Å². The standard InChI is InChI=1S/C15H21NO2/c1-12(17)18-15-10-6-5-7-13(15)11-16-14-8-3-2-4-9-14/h5-7,10,14,16H,2-4,8-9,11H2,1H3. The minimum Gasteiger partial charge on any atom is -0.426 e. The summed E-state index contributed by atoms with van der Waals surface area (Å²) in [4.78, 5) is 11.0. The highest BCUT2D eigenvalue weighted by Crippen LogP contribution is 2.21. The zero-order chi connectivity index (χ0) is 12.8. The normalized spacial score (nSPS) is 16.5. The summed E-state index contributed by atoms with van der Waals surface area (Å²) >= 11 is 0. The van der Waals surface area contributed by atoms with E-state index in [-0.39, 0.29) is 5.97 Å². The van der Waals surface area contributed by atoms with E-state index in [4.69, 9.17) is 4.74 Å². The van der Waals surface area contributed by atoms with Crippen molar-refractivity contribution in [3.63, 3.8) is 0 Å². The van der Waals surface area contributed by atoms with Crippen molar-refractivity contribution in [1.82, 2.24) is 5.32 Å². The van der Waals surface area contributed by atoms with Gasteiger partial charge in [-0.1, -0.05) is 37.5 Å². The van der Waals surface area contributed by atoms with Gasteiger partial charge in [-0.2, -0.15) is 0 Å². The Hall–Kier alpha value is -1.35. The van der Waals surface area contributed by atoms with E-state index in [1.54, 1.807) is 0 Å². The van der Waals surface area contributed by atoms with E-state index in [0.29, 0.717) is 11.8 Å². The molecule has 1 fully saturated rings. The maximum absolute atomic E-state index is 11.0.